The molecule has 32 heavy (non-hydrogen) atoms. The summed E-state index contributed by atoms with van der Waals surface area (Å²) in [5.41, 5.74) is 0.791. The van der Waals surface area contributed by atoms with Crippen molar-refractivity contribution < 1.29 is 14.9 Å². The standard InChI is InChI=1S/C28H35NO3/c1-3-27-20-26(2,30)28(31,22-10-6-4-7-11-22)19-23(27)13-12-21-18-24(14-15-25(21)27)32-17-9-5-8-16-29/h4,6-7,10-11,14-15,18,23,30-31H,3,5,8-9,12-13,17,19-20H2,1-2H3/t23-,26-,27-,28-/m1/s1. The van der Waals surface area contributed by atoms with Crippen molar-refractivity contribution in [3.63, 3.8) is 0 Å². The van der Waals surface area contributed by atoms with Crippen LogP contribution in [0.3, 0.4) is 0 Å². The number of aliphatic hydroxyl groups is 2. The lowest BCUT2D eigenvalue weighted by Gasteiger charge is -2.59. The Labute approximate surface area is 191 Å². The van der Waals surface area contributed by atoms with Crippen molar-refractivity contribution in [3.05, 3.63) is 65.2 Å². The van der Waals surface area contributed by atoms with Crippen molar-refractivity contribution in [2.24, 2.45) is 5.92 Å². The molecule has 0 radical (unpaired) electrons. The molecule has 4 atom stereocenters. The molecule has 1 saturated carbocycles. The average Bonchev–Trinajstić information content (AvgIpc) is 2.80. The second-order valence-electron chi connectivity index (χ2n) is 9.91. The molecule has 2 aliphatic carbocycles. The van der Waals surface area contributed by atoms with Gasteiger partial charge in [-0.25, -0.2) is 0 Å². The van der Waals surface area contributed by atoms with Crippen LogP contribution in [0.1, 0.15) is 75.5 Å². The Morgan fingerprint density at radius 3 is 2.62 bits per heavy atom. The van der Waals surface area contributed by atoms with E-state index in [1.165, 1.54) is 11.1 Å². The van der Waals surface area contributed by atoms with Gasteiger partial charge in [-0.3, -0.25) is 0 Å². The summed E-state index contributed by atoms with van der Waals surface area (Å²) in [5.74, 6) is 1.19. The number of hydrogen-bond donors (Lipinski definition) is 2. The van der Waals surface area contributed by atoms with Gasteiger partial charge >= 0.3 is 0 Å². The molecule has 2 N–H and O–H groups in total. The van der Waals surface area contributed by atoms with E-state index < -0.39 is 11.2 Å². The maximum Gasteiger partial charge on any atom is 0.119 e. The highest BCUT2D eigenvalue weighted by Gasteiger charge is 2.60. The molecule has 4 rings (SSSR count). The van der Waals surface area contributed by atoms with Gasteiger partial charge < -0.3 is 14.9 Å². The molecule has 1 fully saturated rings. The molecule has 0 aromatic heterocycles. The van der Waals surface area contributed by atoms with E-state index in [0.717, 1.165) is 43.4 Å². The molecule has 170 valence electrons. The van der Waals surface area contributed by atoms with Crippen LogP contribution in [0.4, 0.5) is 0 Å². The third-order valence-corrected chi connectivity index (χ3v) is 8.08. The molecule has 0 spiro atoms. The lowest BCUT2D eigenvalue weighted by Crippen LogP contribution is -2.62. The summed E-state index contributed by atoms with van der Waals surface area (Å²) in [6.45, 7) is 4.64. The monoisotopic (exact) mass is 433 g/mol. The van der Waals surface area contributed by atoms with Gasteiger partial charge in [0, 0.05) is 11.8 Å². The van der Waals surface area contributed by atoms with Crippen molar-refractivity contribution in [1.82, 2.24) is 0 Å². The van der Waals surface area contributed by atoms with Gasteiger partial charge in [0.15, 0.2) is 0 Å². The first kappa shape index (κ1) is 22.8. The Kier molecular flexibility index (Phi) is 6.34. The van der Waals surface area contributed by atoms with Gasteiger partial charge in [0.05, 0.1) is 18.3 Å². The Morgan fingerprint density at radius 2 is 1.91 bits per heavy atom. The Hall–Kier alpha value is -2.35. The normalized spacial score (nSPS) is 31.3. The zero-order valence-electron chi connectivity index (χ0n) is 19.3. The predicted molar refractivity (Wildman–Crippen MR) is 125 cm³/mol. The van der Waals surface area contributed by atoms with Gasteiger partial charge in [0.2, 0.25) is 0 Å². The van der Waals surface area contributed by atoms with Crippen LogP contribution in [0, 0.1) is 17.2 Å². The maximum atomic E-state index is 11.8. The van der Waals surface area contributed by atoms with Crippen LogP contribution in [0.15, 0.2) is 48.5 Å². The summed E-state index contributed by atoms with van der Waals surface area (Å²) in [7, 11) is 0. The molecule has 0 unspecified atom stereocenters. The molecule has 0 bridgehead atoms. The fraction of sp³-hybridized carbons (Fsp3) is 0.536. The molecule has 0 saturated heterocycles. The van der Waals surface area contributed by atoms with Gasteiger partial charge in [0.25, 0.3) is 0 Å². The number of fused-ring (bicyclic) bond motifs is 3. The Balaban J connectivity index is 1.61. The number of rotatable bonds is 7. The second-order valence-corrected chi connectivity index (χ2v) is 9.91. The quantitative estimate of drug-likeness (QED) is 0.573. The van der Waals surface area contributed by atoms with Crippen molar-refractivity contribution in [2.45, 2.75) is 81.8 Å². The number of aryl methyl sites for hydroxylation is 1. The number of nitriles is 1. The van der Waals surface area contributed by atoms with Crippen LogP contribution in [0.2, 0.25) is 0 Å². The van der Waals surface area contributed by atoms with Crippen molar-refractivity contribution in [1.29, 1.82) is 5.26 Å². The average molecular weight is 434 g/mol. The van der Waals surface area contributed by atoms with Crippen LogP contribution in [0.5, 0.6) is 5.75 Å². The fourth-order valence-electron chi connectivity index (χ4n) is 6.30. The topological polar surface area (TPSA) is 73.5 Å². The summed E-state index contributed by atoms with van der Waals surface area (Å²) in [4.78, 5) is 0. The van der Waals surface area contributed by atoms with Crippen LogP contribution in [-0.4, -0.2) is 22.4 Å². The van der Waals surface area contributed by atoms with Crippen LogP contribution in [-0.2, 0) is 17.4 Å². The Morgan fingerprint density at radius 1 is 1.12 bits per heavy atom. The van der Waals surface area contributed by atoms with Crippen LogP contribution < -0.4 is 4.74 Å². The number of unbranched alkanes of at least 4 members (excludes halogenated alkanes) is 2. The molecule has 2 aliphatic rings. The molecule has 0 aliphatic heterocycles. The molecule has 0 amide bonds. The van der Waals surface area contributed by atoms with E-state index in [0.29, 0.717) is 31.8 Å². The van der Waals surface area contributed by atoms with E-state index >= 15 is 0 Å². The van der Waals surface area contributed by atoms with Crippen molar-refractivity contribution in [2.75, 3.05) is 6.61 Å². The smallest absolute Gasteiger partial charge is 0.119 e. The maximum absolute atomic E-state index is 11.8. The van der Waals surface area contributed by atoms with Crippen LogP contribution in [0.25, 0.3) is 0 Å². The minimum atomic E-state index is -1.25. The highest BCUT2D eigenvalue weighted by Crippen LogP contribution is 2.60. The fourth-order valence-corrected chi connectivity index (χ4v) is 6.30. The van der Waals surface area contributed by atoms with Crippen molar-refractivity contribution in [3.8, 4) is 11.8 Å². The van der Waals surface area contributed by atoms with E-state index in [1.54, 1.807) is 6.92 Å². The summed E-state index contributed by atoms with van der Waals surface area (Å²) in [6.07, 6.45) is 6.30. The highest BCUT2D eigenvalue weighted by molar-refractivity contribution is 5.45. The van der Waals surface area contributed by atoms with Gasteiger partial charge in [-0.2, -0.15) is 5.26 Å². The minimum Gasteiger partial charge on any atom is -0.494 e. The minimum absolute atomic E-state index is 0.149. The number of nitrogens with zero attached hydrogens (tertiary/aromatic N) is 1. The second kappa shape index (κ2) is 8.89. The molecule has 4 heteroatoms. The summed E-state index contributed by atoms with van der Waals surface area (Å²) < 4.78 is 5.95. The molecular formula is C28H35NO3. The first-order valence-corrected chi connectivity index (χ1v) is 12.0. The predicted octanol–water partition coefficient (Wildman–Crippen LogP) is 5.40. The highest BCUT2D eigenvalue weighted by atomic mass is 16.5. The molecule has 4 nitrogen and oxygen atoms in total. The molecule has 0 heterocycles. The number of hydrogen-bond acceptors (Lipinski definition) is 4. The van der Waals surface area contributed by atoms with Crippen LogP contribution >= 0.6 is 0 Å². The van der Waals surface area contributed by atoms with E-state index in [9.17, 15) is 10.2 Å². The van der Waals surface area contributed by atoms with E-state index in [-0.39, 0.29) is 5.41 Å². The van der Waals surface area contributed by atoms with Gasteiger partial charge in [-0.05, 0) is 86.6 Å². The largest absolute Gasteiger partial charge is 0.494 e. The van der Waals surface area contributed by atoms with E-state index in [1.807, 2.05) is 30.3 Å². The Bertz CT molecular complexity index is 980. The SMILES string of the molecule is CC[C@@]12C[C@@](C)(O)[C@](O)(c3ccccc3)C[C@H]1CCc1cc(OCCCCC#N)ccc12. The van der Waals surface area contributed by atoms with Gasteiger partial charge in [0.1, 0.15) is 11.4 Å². The van der Waals surface area contributed by atoms with Gasteiger partial charge in [-0.1, -0.05) is 43.3 Å². The summed E-state index contributed by atoms with van der Waals surface area (Å²) in [5, 5.41) is 32.1. The summed E-state index contributed by atoms with van der Waals surface area (Å²) in [6, 6.07) is 18.3. The first-order valence-electron chi connectivity index (χ1n) is 12.0. The summed E-state index contributed by atoms with van der Waals surface area (Å²) >= 11 is 0. The molecule has 2 aromatic rings. The van der Waals surface area contributed by atoms with E-state index in [2.05, 4.69) is 31.2 Å². The molecular weight excluding hydrogens is 398 g/mol. The van der Waals surface area contributed by atoms with E-state index in [4.69, 9.17) is 10.00 Å². The lowest BCUT2D eigenvalue weighted by molar-refractivity contribution is -0.205. The lowest BCUT2D eigenvalue weighted by atomic mass is 9.49. The van der Waals surface area contributed by atoms with Crippen molar-refractivity contribution >= 4 is 0 Å². The van der Waals surface area contributed by atoms with Gasteiger partial charge in [-0.15, -0.1) is 0 Å². The zero-order chi connectivity index (χ0) is 22.8. The zero-order valence-corrected chi connectivity index (χ0v) is 19.3. The number of ether oxygens (including phenoxy) is 1. The third kappa shape index (κ3) is 3.83. The third-order valence-electron chi connectivity index (χ3n) is 8.08. The molecule has 2 aromatic carbocycles. The first-order chi connectivity index (χ1) is 15.4. The number of benzene rings is 2.